The zero-order valence-electron chi connectivity index (χ0n) is 7.72. The topological polar surface area (TPSA) is 59.1 Å². The van der Waals surface area contributed by atoms with E-state index in [-0.39, 0.29) is 4.84 Å². The fraction of sp³-hybridized carbons (Fsp3) is 0.125. The number of nitrogens with one attached hydrogen (secondary N) is 1. The lowest BCUT2D eigenvalue weighted by Crippen LogP contribution is -1.86. The summed E-state index contributed by atoms with van der Waals surface area (Å²) in [7, 11) is 0. The van der Waals surface area contributed by atoms with E-state index in [1.54, 1.807) is 11.3 Å². The number of H-pyrrole nitrogens is 1. The highest BCUT2D eigenvalue weighted by atomic mass is 32.1. The van der Waals surface area contributed by atoms with Gasteiger partial charge < -0.3 is 4.42 Å². The van der Waals surface area contributed by atoms with Crippen molar-refractivity contribution in [1.82, 2.24) is 19.6 Å². The third-order valence-corrected chi connectivity index (χ3v) is 3.01. The first-order valence-electron chi connectivity index (χ1n) is 4.24. The van der Waals surface area contributed by atoms with E-state index in [0.29, 0.717) is 5.89 Å². The van der Waals surface area contributed by atoms with E-state index in [2.05, 4.69) is 15.2 Å². The summed E-state index contributed by atoms with van der Waals surface area (Å²) >= 11 is 6.41. The average molecular weight is 238 g/mol. The number of rotatable bonds is 1. The second-order valence-corrected chi connectivity index (χ2v) is 4.26. The molecule has 0 unspecified atom stereocenters. The van der Waals surface area contributed by atoms with Crippen molar-refractivity contribution in [3.63, 3.8) is 0 Å². The summed E-state index contributed by atoms with van der Waals surface area (Å²) in [6.45, 7) is 1.92. The monoisotopic (exact) mass is 238 g/mol. The molecule has 0 amide bonds. The van der Waals surface area contributed by atoms with Gasteiger partial charge in [0, 0.05) is 11.6 Å². The van der Waals surface area contributed by atoms with Crippen molar-refractivity contribution in [1.29, 1.82) is 0 Å². The van der Waals surface area contributed by atoms with E-state index >= 15 is 0 Å². The Morgan fingerprint density at radius 2 is 2.47 bits per heavy atom. The maximum Gasteiger partial charge on any atom is 0.284 e. The van der Waals surface area contributed by atoms with E-state index < -0.39 is 0 Å². The van der Waals surface area contributed by atoms with Gasteiger partial charge in [0.05, 0.1) is 5.69 Å². The molecular weight excluding hydrogens is 232 g/mol. The molecule has 0 saturated heterocycles. The Morgan fingerprint density at radius 1 is 1.60 bits per heavy atom. The largest absolute Gasteiger partial charge is 0.408 e. The minimum Gasteiger partial charge on any atom is -0.408 e. The molecule has 3 aromatic heterocycles. The van der Waals surface area contributed by atoms with Crippen molar-refractivity contribution in [2.24, 2.45) is 0 Å². The van der Waals surface area contributed by atoms with Gasteiger partial charge in [-0.25, -0.2) is 10.1 Å². The zero-order valence-corrected chi connectivity index (χ0v) is 9.35. The van der Waals surface area contributed by atoms with Gasteiger partial charge in [0.15, 0.2) is 4.96 Å². The predicted octanol–water partition coefficient (Wildman–Crippen LogP) is 2.42. The summed E-state index contributed by atoms with van der Waals surface area (Å²) in [5.41, 5.74) is 1.73. The van der Waals surface area contributed by atoms with Crippen molar-refractivity contribution in [3.8, 4) is 11.6 Å². The van der Waals surface area contributed by atoms with Crippen LogP contribution in [0.15, 0.2) is 16.0 Å². The molecule has 0 bridgehead atoms. The molecule has 0 fully saturated rings. The molecule has 3 rings (SSSR count). The Kier molecular flexibility index (Phi) is 1.77. The number of fused-ring (bicyclic) bond motifs is 1. The van der Waals surface area contributed by atoms with E-state index in [4.69, 9.17) is 16.6 Å². The summed E-state index contributed by atoms with van der Waals surface area (Å²) in [6, 6.07) is 0. The molecule has 7 heteroatoms. The SMILES string of the molecule is Cc1nc2sccn2c1-c1n[nH]c(=S)o1. The number of imidazole rings is 1. The Labute approximate surface area is 93.4 Å². The molecule has 5 nitrogen and oxygen atoms in total. The molecule has 3 heterocycles. The van der Waals surface area contributed by atoms with Gasteiger partial charge in [-0.15, -0.1) is 16.4 Å². The normalized spacial score (nSPS) is 11.3. The van der Waals surface area contributed by atoms with E-state index in [1.807, 2.05) is 22.9 Å². The standard InChI is InChI=1S/C8H6N4OS2/c1-4-5(6-10-11-8(14)13-6)12-2-3-15-7(12)9-4/h2-3H,1H3,(H,11,14). The molecule has 76 valence electrons. The fourth-order valence-electron chi connectivity index (χ4n) is 1.48. The Balaban J connectivity index is 2.37. The van der Waals surface area contributed by atoms with Crippen molar-refractivity contribution in [3.05, 3.63) is 22.1 Å². The smallest absolute Gasteiger partial charge is 0.284 e. The van der Waals surface area contributed by atoms with Crippen LogP contribution in [0.3, 0.4) is 0 Å². The van der Waals surface area contributed by atoms with Gasteiger partial charge in [0.2, 0.25) is 0 Å². The summed E-state index contributed by atoms with van der Waals surface area (Å²) in [5, 5.41) is 8.56. The number of aromatic nitrogens is 4. The summed E-state index contributed by atoms with van der Waals surface area (Å²) in [4.78, 5) is 5.59. The van der Waals surface area contributed by atoms with Gasteiger partial charge in [0.25, 0.3) is 10.7 Å². The second-order valence-electron chi connectivity index (χ2n) is 3.02. The third kappa shape index (κ3) is 1.24. The van der Waals surface area contributed by atoms with Crippen molar-refractivity contribution in [2.75, 3.05) is 0 Å². The quantitative estimate of drug-likeness (QED) is 0.661. The molecule has 0 aliphatic rings. The number of hydrogen-bond donors (Lipinski definition) is 1. The van der Waals surface area contributed by atoms with Crippen molar-refractivity contribution in [2.45, 2.75) is 6.92 Å². The minimum atomic E-state index is 0.273. The predicted molar refractivity (Wildman–Crippen MR) is 58.5 cm³/mol. The number of hydrogen-bond acceptors (Lipinski definition) is 5. The number of nitrogens with zero attached hydrogens (tertiary/aromatic N) is 3. The molecule has 3 aromatic rings. The number of aromatic amines is 1. The molecule has 1 N–H and O–H groups in total. The molecule has 0 aliphatic heterocycles. The van der Waals surface area contributed by atoms with Gasteiger partial charge in [-0.2, -0.15) is 0 Å². The summed E-state index contributed by atoms with van der Waals surface area (Å²) in [5.74, 6) is 0.475. The van der Waals surface area contributed by atoms with Crippen LogP contribution in [0.2, 0.25) is 0 Å². The summed E-state index contributed by atoms with van der Waals surface area (Å²) in [6.07, 6.45) is 1.93. The fourth-order valence-corrected chi connectivity index (χ4v) is 2.37. The van der Waals surface area contributed by atoms with E-state index in [0.717, 1.165) is 16.3 Å². The lowest BCUT2D eigenvalue weighted by molar-refractivity contribution is 0.549. The molecule has 15 heavy (non-hydrogen) atoms. The van der Waals surface area contributed by atoms with Gasteiger partial charge in [-0.05, 0) is 19.1 Å². The third-order valence-electron chi connectivity index (χ3n) is 2.08. The van der Waals surface area contributed by atoms with Crippen molar-refractivity contribution >= 4 is 28.5 Å². The highest BCUT2D eigenvalue weighted by Crippen LogP contribution is 2.25. The molecule has 0 aromatic carbocycles. The van der Waals surface area contributed by atoms with Crippen molar-refractivity contribution < 1.29 is 4.42 Å². The van der Waals surface area contributed by atoms with Gasteiger partial charge >= 0.3 is 0 Å². The molecule has 0 radical (unpaired) electrons. The Bertz CT molecular complexity index is 674. The van der Waals surface area contributed by atoms with Crippen LogP contribution in [0.5, 0.6) is 0 Å². The second kappa shape index (κ2) is 3.01. The lowest BCUT2D eigenvalue weighted by Gasteiger charge is -1.92. The van der Waals surface area contributed by atoms with Crippen LogP contribution >= 0.6 is 23.6 Å². The Hall–Kier alpha value is -1.47. The molecule has 0 saturated carbocycles. The first-order chi connectivity index (χ1) is 7.25. The first kappa shape index (κ1) is 8.81. The van der Waals surface area contributed by atoms with Gasteiger partial charge in [-0.3, -0.25) is 4.40 Å². The molecule has 0 atom stereocenters. The van der Waals surface area contributed by atoms with Crippen LogP contribution in [-0.4, -0.2) is 19.6 Å². The van der Waals surface area contributed by atoms with Gasteiger partial charge in [0.1, 0.15) is 5.69 Å². The van der Waals surface area contributed by atoms with Crippen LogP contribution in [0, 0.1) is 11.8 Å². The van der Waals surface area contributed by atoms with E-state index in [1.165, 1.54) is 0 Å². The molecular formula is C8H6N4OS2. The van der Waals surface area contributed by atoms with Crippen LogP contribution in [0.4, 0.5) is 0 Å². The summed E-state index contributed by atoms with van der Waals surface area (Å²) < 4.78 is 7.22. The van der Waals surface area contributed by atoms with Crippen LogP contribution < -0.4 is 0 Å². The zero-order chi connectivity index (χ0) is 10.4. The minimum absolute atomic E-state index is 0.273. The number of aryl methyl sites for hydroxylation is 1. The first-order valence-corrected chi connectivity index (χ1v) is 5.52. The average Bonchev–Trinajstić information content (AvgIpc) is 2.81. The maximum absolute atomic E-state index is 5.28. The molecule has 0 spiro atoms. The molecule has 0 aliphatic carbocycles. The highest BCUT2D eigenvalue weighted by Gasteiger charge is 2.15. The Morgan fingerprint density at radius 3 is 3.20 bits per heavy atom. The number of thiazole rings is 1. The maximum atomic E-state index is 5.28. The van der Waals surface area contributed by atoms with E-state index in [9.17, 15) is 0 Å². The van der Waals surface area contributed by atoms with Crippen LogP contribution in [0.25, 0.3) is 16.5 Å². The lowest BCUT2D eigenvalue weighted by atomic mass is 10.3. The van der Waals surface area contributed by atoms with Crippen LogP contribution in [-0.2, 0) is 0 Å². The van der Waals surface area contributed by atoms with Crippen LogP contribution in [0.1, 0.15) is 5.69 Å². The highest BCUT2D eigenvalue weighted by molar-refractivity contribution is 7.71. The van der Waals surface area contributed by atoms with Gasteiger partial charge in [-0.1, -0.05) is 0 Å².